The number of hydrogen-bond acceptors (Lipinski definition) is 1. The topological polar surface area (TPSA) is 12.0 Å². The van der Waals surface area contributed by atoms with Gasteiger partial charge in [-0.25, -0.2) is 13.2 Å². The summed E-state index contributed by atoms with van der Waals surface area (Å²) >= 11 is 3.28. The van der Waals surface area contributed by atoms with Gasteiger partial charge in [0, 0.05) is 16.6 Å². The van der Waals surface area contributed by atoms with Crippen LogP contribution in [0.2, 0.25) is 0 Å². The number of nitrogens with one attached hydrogen (secondary N) is 1. The largest absolute Gasteiger partial charge is 0.313 e. The fourth-order valence-electron chi connectivity index (χ4n) is 2.08. The van der Waals surface area contributed by atoms with Crippen LogP contribution in [0, 0.1) is 17.5 Å². The molecule has 0 aliphatic carbocycles. The molecule has 106 valence electrons. The first-order valence-corrected chi connectivity index (χ1v) is 6.86. The third-order valence-corrected chi connectivity index (χ3v) is 3.56. The molecular formula is C15H13BrF3N. The molecule has 2 aromatic rings. The summed E-state index contributed by atoms with van der Waals surface area (Å²) in [6, 6.07) is 7.57. The summed E-state index contributed by atoms with van der Waals surface area (Å²) in [5, 5.41) is 2.95. The molecule has 0 saturated heterocycles. The molecule has 0 aliphatic rings. The van der Waals surface area contributed by atoms with Crippen molar-refractivity contribution in [1.29, 1.82) is 0 Å². The van der Waals surface area contributed by atoms with Gasteiger partial charge in [0.15, 0.2) is 0 Å². The maximum absolute atomic E-state index is 13.7. The zero-order chi connectivity index (χ0) is 14.7. The van der Waals surface area contributed by atoms with E-state index in [1.54, 1.807) is 19.2 Å². The molecule has 0 aromatic heterocycles. The van der Waals surface area contributed by atoms with Crippen LogP contribution < -0.4 is 5.32 Å². The van der Waals surface area contributed by atoms with Gasteiger partial charge in [-0.2, -0.15) is 0 Å². The van der Waals surface area contributed by atoms with Gasteiger partial charge in [-0.15, -0.1) is 0 Å². The molecule has 5 heteroatoms. The molecule has 1 atom stereocenters. The molecule has 0 saturated carbocycles. The zero-order valence-corrected chi connectivity index (χ0v) is 12.3. The van der Waals surface area contributed by atoms with Gasteiger partial charge in [-0.05, 0) is 54.9 Å². The van der Waals surface area contributed by atoms with Crippen LogP contribution in [-0.2, 0) is 6.42 Å². The summed E-state index contributed by atoms with van der Waals surface area (Å²) in [5.41, 5.74) is 0.924. The average Bonchev–Trinajstić information content (AvgIpc) is 2.38. The van der Waals surface area contributed by atoms with E-state index in [0.717, 1.165) is 10.5 Å². The van der Waals surface area contributed by atoms with Crippen molar-refractivity contribution in [3.63, 3.8) is 0 Å². The summed E-state index contributed by atoms with van der Waals surface area (Å²) in [6.07, 6.45) is 0.296. The van der Waals surface area contributed by atoms with Gasteiger partial charge in [0.1, 0.15) is 17.5 Å². The molecule has 0 bridgehead atoms. The highest BCUT2D eigenvalue weighted by atomic mass is 79.9. The molecule has 0 aliphatic heterocycles. The average molecular weight is 344 g/mol. The fourth-order valence-corrected chi connectivity index (χ4v) is 2.49. The normalized spacial score (nSPS) is 12.4. The van der Waals surface area contributed by atoms with Gasteiger partial charge in [-0.3, -0.25) is 0 Å². The second-order valence-electron chi connectivity index (χ2n) is 4.48. The molecule has 0 amide bonds. The monoisotopic (exact) mass is 343 g/mol. The Morgan fingerprint density at radius 2 is 1.70 bits per heavy atom. The minimum Gasteiger partial charge on any atom is -0.313 e. The van der Waals surface area contributed by atoms with E-state index in [-0.39, 0.29) is 11.9 Å². The van der Waals surface area contributed by atoms with E-state index in [4.69, 9.17) is 0 Å². The maximum atomic E-state index is 13.7. The first kappa shape index (κ1) is 15.1. The van der Waals surface area contributed by atoms with Crippen LogP contribution in [0.5, 0.6) is 0 Å². The predicted molar refractivity (Wildman–Crippen MR) is 76.0 cm³/mol. The first-order chi connectivity index (χ1) is 9.49. The van der Waals surface area contributed by atoms with E-state index in [9.17, 15) is 13.2 Å². The molecule has 0 fully saturated rings. The molecule has 2 rings (SSSR count). The van der Waals surface area contributed by atoms with Crippen molar-refractivity contribution in [3.8, 4) is 0 Å². The van der Waals surface area contributed by atoms with Crippen LogP contribution in [0.25, 0.3) is 0 Å². The first-order valence-electron chi connectivity index (χ1n) is 6.07. The molecule has 1 nitrogen and oxygen atoms in total. The fraction of sp³-hybridized carbons (Fsp3) is 0.200. The van der Waals surface area contributed by atoms with Crippen LogP contribution >= 0.6 is 15.9 Å². The standard InChI is InChI=1S/C15H13BrF3N/c1-20-15(10-5-12(17)8-13(18)6-10)7-9-4-11(16)2-3-14(9)19/h2-6,8,15,20H,7H2,1H3. The SMILES string of the molecule is CNC(Cc1cc(Br)ccc1F)c1cc(F)cc(F)c1. The molecule has 1 N–H and O–H groups in total. The highest BCUT2D eigenvalue weighted by Gasteiger charge is 2.15. The van der Waals surface area contributed by atoms with Crippen molar-refractivity contribution in [2.24, 2.45) is 0 Å². The summed E-state index contributed by atoms with van der Waals surface area (Å²) in [7, 11) is 1.67. The molecule has 20 heavy (non-hydrogen) atoms. The Morgan fingerprint density at radius 3 is 2.30 bits per heavy atom. The van der Waals surface area contributed by atoms with Crippen molar-refractivity contribution in [2.45, 2.75) is 12.5 Å². The van der Waals surface area contributed by atoms with Crippen LogP contribution in [-0.4, -0.2) is 7.05 Å². The van der Waals surface area contributed by atoms with Gasteiger partial charge in [-0.1, -0.05) is 15.9 Å². The highest BCUT2D eigenvalue weighted by Crippen LogP contribution is 2.24. The predicted octanol–water partition coefficient (Wildman–Crippen LogP) is 4.37. The second kappa shape index (κ2) is 6.41. The minimum absolute atomic E-state index is 0.296. The Balaban J connectivity index is 2.30. The molecular weight excluding hydrogens is 331 g/mol. The summed E-state index contributed by atoms with van der Waals surface area (Å²) in [4.78, 5) is 0. The lowest BCUT2D eigenvalue weighted by atomic mass is 9.98. The van der Waals surface area contributed by atoms with Crippen LogP contribution in [0.1, 0.15) is 17.2 Å². The Labute approximate surface area is 123 Å². The second-order valence-corrected chi connectivity index (χ2v) is 5.40. The maximum Gasteiger partial charge on any atom is 0.126 e. The number of rotatable bonds is 4. The van der Waals surface area contributed by atoms with E-state index < -0.39 is 11.6 Å². The van der Waals surface area contributed by atoms with Crippen LogP contribution in [0.3, 0.4) is 0 Å². The summed E-state index contributed by atoms with van der Waals surface area (Å²) in [5.74, 6) is -1.63. The van der Waals surface area contributed by atoms with E-state index in [1.807, 2.05) is 0 Å². The highest BCUT2D eigenvalue weighted by molar-refractivity contribution is 9.10. The molecule has 0 spiro atoms. The van der Waals surface area contributed by atoms with Crippen LogP contribution in [0.15, 0.2) is 40.9 Å². The quantitative estimate of drug-likeness (QED) is 0.869. The molecule has 0 heterocycles. The van der Waals surface area contributed by atoms with E-state index >= 15 is 0 Å². The van der Waals surface area contributed by atoms with Crippen molar-refractivity contribution >= 4 is 15.9 Å². The minimum atomic E-state index is -0.644. The van der Waals surface area contributed by atoms with Crippen molar-refractivity contribution in [2.75, 3.05) is 7.05 Å². The zero-order valence-electron chi connectivity index (χ0n) is 10.8. The smallest absolute Gasteiger partial charge is 0.126 e. The lowest BCUT2D eigenvalue weighted by Crippen LogP contribution is -2.19. The summed E-state index contributed by atoms with van der Waals surface area (Å²) < 4.78 is 41.0. The lowest BCUT2D eigenvalue weighted by Gasteiger charge is -2.17. The molecule has 2 aromatic carbocycles. The van der Waals surface area contributed by atoms with E-state index in [2.05, 4.69) is 21.2 Å². The summed E-state index contributed by atoms with van der Waals surface area (Å²) in [6.45, 7) is 0. The number of benzene rings is 2. The van der Waals surface area contributed by atoms with Crippen LogP contribution in [0.4, 0.5) is 13.2 Å². The number of likely N-dealkylation sites (N-methyl/N-ethyl adjacent to an activating group) is 1. The van der Waals surface area contributed by atoms with Crippen molar-refractivity contribution in [1.82, 2.24) is 5.32 Å². The number of hydrogen-bond donors (Lipinski definition) is 1. The molecule has 1 unspecified atom stereocenters. The van der Waals surface area contributed by atoms with Gasteiger partial charge >= 0.3 is 0 Å². The third kappa shape index (κ3) is 3.61. The lowest BCUT2D eigenvalue weighted by molar-refractivity contribution is 0.536. The van der Waals surface area contributed by atoms with Gasteiger partial charge < -0.3 is 5.32 Å². The van der Waals surface area contributed by atoms with E-state index in [0.29, 0.717) is 17.5 Å². The number of halogens is 4. The van der Waals surface area contributed by atoms with Gasteiger partial charge in [0.25, 0.3) is 0 Å². The Kier molecular flexibility index (Phi) is 4.83. The Morgan fingerprint density at radius 1 is 1.05 bits per heavy atom. The Bertz CT molecular complexity index is 596. The molecule has 0 radical (unpaired) electrons. The van der Waals surface area contributed by atoms with Gasteiger partial charge in [0.2, 0.25) is 0 Å². The van der Waals surface area contributed by atoms with Gasteiger partial charge in [0.05, 0.1) is 0 Å². The van der Waals surface area contributed by atoms with Crippen molar-refractivity contribution < 1.29 is 13.2 Å². The Hall–Kier alpha value is -1.33. The van der Waals surface area contributed by atoms with E-state index in [1.165, 1.54) is 18.2 Å². The van der Waals surface area contributed by atoms with Crippen molar-refractivity contribution in [3.05, 3.63) is 69.4 Å². The third-order valence-electron chi connectivity index (χ3n) is 3.07.